The van der Waals surface area contributed by atoms with Gasteiger partial charge in [0, 0.05) is 38.6 Å². The first-order valence-electron chi connectivity index (χ1n) is 11.5. The Morgan fingerprint density at radius 2 is 1.97 bits per heavy atom. The number of nitrogens with two attached hydrogens (primary N) is 1. The molecule has 8 heteroatoms. The summed E-state index contributed by atoms with van der Waals surface area (Å²) < 4.78 is 12.7. The summed E-state index contributed by atoms with van der Waals surface area (Å²) in [5, 5.41) is 0.849. The van der Waals surface area contributed by atoms with Gasteiger partial charge in [0.15, 0.2) is 11.5 Å². The van der Waals surface area contributed by atoms with E-state index in [4.69, 9.17) is 19.9 Å². The average Bonchev–Trinajstić information content (AvgIpc) is 3.28. The molecule has 5 rings (SSSR count). The summed E-state index contributed by atoms with van der Waals surface area (Å²) in [5.74, 6) is 0.204. The Labute approximate surface area is 196 Å². The summed E-state index contributed by atoms with van der Waals surface area (Å²) >= 11 is 0. The zero-order chi connectivity index (χ0) is 23.8. The molecule has 0 saturated carbocycles. The number of pyridine rings is 1. The van der Waals surface area contributed by atoms with Crippen molar-refractivity contribution in [2.24, 2.45) is 12.8 Å². The van der Waals surface area contributed by atoms with Crippen molar-refractivity contribution in [3.05, 3.63) is 69.8 Å². The molecule has 176 valence electrons. The molecule has 4 aromatic rings. The number of rotatable bonds is 6. The van der Waals surface area contributed by atoms with Crippen LogP contribution in [0.3, 0.4) is 0 Å². The van der Waals surface area contributed by atoms with E-state index in [1.165, 1.54) is 10.1 Å². The highest BCUT2D eigenvalue weighted by Crippen LogP contribution is 2.35. The second-order valence-corrected chi connectivity index (χ2v) is 8.83. The number of aryl methyl sites for hydroxylation is 1. The number of nitrogens with zero attached hydrogens (tertiary/aromatic N) is 3. The summed E-state index contributed by atoms with van der Waals surface area (Å²) in [7, 11) is 3.36. The standard InChI is InChI=1S/C26H28N4O4/c1-29-20-6-4-3-5-18(20)23(22(24(27)31)26(29)32)30-12-9-17(10-13-30)25-28-19-15-16(11-14-33-2)7-8-21(19)34-25/h3-8,15,17H,9-14H2,1-2H3,(H2,27,31). The van der Waals surface area contributed by atoms with Gasteiger partial charge in [0.05, 0.1) is 17.8 Å². The molecule has 0 atom stereocenters. The van der Waals surface area contributed by atoms with Crippen molar-refractivity contribution in [2.75, 3.05) is 31.7 Å². The number of fused-ring (bicyclic) bond motifs is 2. The van der Waals surface area contributed by atoms with E-state index >= 15 is 0 Å². The van der Waals surface area contributed by atoms with Crippen molar-refractivity contribution >= 4 is 33.6 Å². The van der Waals surface area contributed by atoms with Crippen LogP contribution in [0.5, 0.6) is 0 Å². The fourth-order valence-corrected chi connectivity index (χ4v) is 4.92. The van der Waals surface area contributed by atoms with Gasteiger partial charge in [-0.2, -0.15) is 0 Å². The largest absolute Gasteiger partial charge is 0.440 e. The Morgan fingerprint density at radius 1 is 1.21 bits per heavy atom. The number of ether oxygens (including phenoxy) is 1. The minimum atomic E-state index is -0.702. The van der Waals surface area contributed by atoms with Crippen molar-refractivity contribution in [3.63, 3.8) is 0 Å². The summed E-state index contributed by atoms with van der Waals surface area (Å²) in [6.07, 6.45) is 2.43. The molecule has 34 heavy (non-hydrogen) atoms. The van der Waals surface area contributed by atoms with Crippen molar-refractivity contribution in [3.8, 4) is 0 Å². The van der Waals surface area contributed by atoms with Crippen LogP contribution in [0, 0.1) is 0 Å². The molecule has 8 nitrogen and oxygen atoms in total. The van der Waals surface area contributed by atoms with Crippen molar-refractivity contribution < 1.29 is 13.9 Å². The van der Waals surface area contributed by atoms with Gasteiger partial charge in [-0.1, -0.05) is 24.3 Å². The third-order valence-electron chi connectivity index (χ3n) is 6.75. The van der Waals surface area contributed by atoms with Crippen LogP contribution < -0.4 is 16.2 Å². The zero-order valence-electron chi connectivity index (χ0n) is 19.4. The Balaban J connectivity index is 1.43. The number of hydrogen-bond donors (Lipinski definition) is 1. The van der Waals surface area contributed by atoms with Gasteiger partial charge in [-0.3, -0.25) is 9.59 Å². The number of oxazole rings is 1. The second kappa shape index (κ2) is 8.95. The molecule has 0 spiro atoms. The van der Waals surface area contributed by atoms with E-state index in [9.17, 15) is 9.59 Å². The van der Waals surface area contributed by atoms with Gasteiger partial charge >= 0.3 is 0 Å². The Hall–Kier alpha value is -3.65. The van der Waals surface area contributed by atoms with Crippen LogP contribution in [0.1, 0.15) is 40.6 Å². The van der Waals surface area contributed by atoms with E-state index in [2.05, 4.69) is 11.0 Å². The van der Waals surface area contributed by atoms with Gasteiger partial charge < -0.3 is 24.4 Å². The first-order chi connectivity index (χ1) is 16.5. The third kappa shape index (κ3) is 3.84. The van der Waals surface area contributed by atoms with Gasteiger partial charge in [0.2, 0.25) is 0 Å². The number of para-hydroxylation sites is 1. The molecular weight excluding hydrogens is 432 g/mol. The number of methoxy groups -OCH3 is 1. The van der Waals surface area contributed by atoms with E-state index in [0.717, 1.165) is 47.2 Å². The number of carbonyl (C=O) groups is 1. The maximum Gasteiger partial charge on any atom is 0.265 e. The Bertz CT molecular complexity index is 1430. The first-order valence-corrected chi connectivity index (χ1v) is 11.5. The number of carbonyl (C=O) groups excluding carboxylic acids is 1. The normalized spacial score (nSPS) is 14.8. The molecule has 0 unspecified atom stereocenters. The predicted octanol–water partition coefficient (Wildman–Crippen LogP) is 3.35. The smallest absolute Gasteiger partial charge is 0.265 e. The van der Waals surface area contributed by atoms with Crippen molar-refractivity contribution in [1.82, 2.24) is 9.55 Å². The number of benzene rings is 2. The highest BCUT2D eigenvalue weighted by atomic mass is 16.5. The summed E-state index contributed by atoms with van der Waals surface area (Å²) in [4.78, 5) is 32.2. The molecule has 2 aromatic carbocycles. The minimum Gasteiger partial charge on any atom is -0.440 e. The van der Waals surface area contributed by atoms with Gasteiger partial charge in [0.1, 0.15) is 11.1 Å². The molecule has 1 amide bonds. The SMILES string of the molecule is COCCc1ccc2oc(C3CCN(c4c(C(N)=O)c(=O)n(C)c5ccccc45)CC3)nc2c1. The van der Waals surface area contributed by atoms with E-state index in [0.29, 0.717) is 25.4 Å². The summed E-state index contributed by atoms with van der Waals surface area (Å²) in [6, 6.07) is 13.7. The molecular formula is C26H28N4O4. The van der Waals surface area contributed by atoms with Crippen molar-refractivity contribution in [1.29, 1.82) is 0 Å². The van der Waals surface area contributed by atoms with Crippen LogP contribution in [-0.2, 0) is 18.2 Å². The molecule has 2 aromatic heterocycles. The highest BCUT2D eigenvalue weighted by molar-refractivity contribution is 6.06. The lowest BCUT2D eigenvalue weighted by Gasteiger charge is -2.34. The molecule has 0 aliphatic carbocycles. The van der Waals surface area contributed by atoms with Gasteiger partial charge in [-0.15, -0.1) is 0 Å². The number of hydrogen-bond acceptors (Lipinski definition) is 6. The predicted molar refractivity (Wildman–Crippen MR) is 131 cm³/mol. The van der Waals surface area contributed by atoms with Gasteiger partial charge in [0.25, 0.3) is 11.5 Å². The Morgan fingerprint density at radius 3 is 2.71 bits per heavy atom. The minimum absolute atomic E-state index is 0.0464. The monoisotopic (exact) mass is 460 g/mol. The lowest BCUT2D eigenvalue weighted by atomic mass is 9.95. The molecule has 1 fully saturated rings. The van der Waals surface area contributed by atoms with Crippen LogP contribution >= 0.6 is 0 Å². The lowest BCUT2D eigenvalue weighted by molar-refractivity contribution is 0.0999. The van der Waals surface area contributed by atoms with Crippen LogP contribution in [0.15, 0.2) is 51.7 Å². The number of anilines is 1. The molecule has 0 bridgehead atoms. The Kier molecular flexibility index (Phi) is 5.83. The van der Waals surface area contributed by atoms with E-state index in [-0.39, 0.29) is 17.0 Å². The topological polar surface area (TPSA) is 104 Å². The maximum absolute atomic E-state index is 13.0. The summed E-state index contributed by atoms with van der Waals surface area (Å²) in [5.41, 5.74) is 9.57. The lowest BCUT2D eigenvalue weighted by Crippen LogP contribution is -2.38. The van der Waals surface area contributed by atoms with Gasteiger partial charge in [-0.05, 0) is 43.0 Å². The highest BCUT2D eigenvalue weighted by Gasteiger charge is 2.29. The number of primary amides is 1. The van der Waals surface area contributed by atoms with Crippen LogP contribution in [0.4, 0.5) is 5.69 Å². The van der Waals surface area contributed by atoms with E-state index in [1.807, 2.05) is 36.4 Å². The van der Waals surface area contributed by atoms with Crippen LogP contribution in [0.2, 0.25) is 0 Å². The average molecular weight is 461 g/mol. The molecule has 3 heterocycles. The van der Waals surface area contributed by atoms with Crippen molar-refractivity contribution in [2.45, 2.75) is 25.2 Å². The molecule has 1 aliphatic heterocycles. The fourth-order valence-electron chi connectivity index (χ4n) is 4.92. The molecule has 1 saturated heterocycles. The van der Waals surface area contributed by atoms with Crippen LogP contribution in [-0.4, -0.2) is 42.3 Å². The number of piperidine rings is 1. The number of aromatic nitrogens is 2. The third-order valence-corrected chi connectivity index (χ3v) is 6.75. The van der Waals surface area contributed by atoms with Crippen LogP contribution in [0.25, 0.3) is 22.0 Å². The second-order valence-electron chi connectivity index (χ2n) is 8.83. The van der Waals surface area contributed by atoms with E-state index in [1.54, 1.807) is 14.2 Å². The molecule has 2 N–H and O–H groups in total. The van der Waals surface area contributed by atoms with Gasteiger partial charge in [-0.25, -0.2) is 4.98 Å². The maximum atomic E-state index is 13.0. The fraction of sp³-hybridized carbons (Fsp3) is 0.346. The van der Waals surface area contributed by atoms with E-state index < -0.39 is 5.91 Å². The molecule has 1 aliphatic rings. The zero-order valence-corrected chi connectivity index (χ0v) is 19.4. The first kappa shape index (κ1) is 22.2. The number of amides is 1. The molecule has 0 radical (unpaired) electrons. The summed E-state index contributed by atoms with van der Waals surface area (Å²) in [6.45, 7) is 2.00. The quantitative estimate of drug-likeness (QED) is 0.473.